The van der Waals surface area contributed by atoms with E-state index in [-0.39, 0.29) is 0 Å². The van der Waals surface area contributed by atoms with Crippen molar-refractivity contribution in [2.45, 2.75) is 0 Å². The molecule has 0 saturated heterocycles. The van der Waals surface area contributed by atoms with Gasteiger partial charge in [0.1, 0.15) is 0 Å². The van der Waals surface area contributed by atoms with Crippen molar-refractivity contribution in [1.82, 2.24) is 0 Å². The summed E-state index contributed by atoms with van der Waals surface area (Å²) < 4.78 is 0. The fourth-order valence-corrected chi connectivity index (χ4v) is 1.77. The Balaban J connectivity index is 1.97. The standard InChI is InChI=1S/C14H13N3OS/c15-13(18)10-6-8-12(9-7-10)17-14(19)16-11-4-2-1-3-5-11/h1-9H,(H2,15,18)(H2,16,17,19). The third kappa shape index (κ3) is 3.79. The van der Waals surface area contributed by atoms with Gasteiger partial charge in [-0.2, -0.15) is 0 Å². The van der Waals surface area contributed by atoms with Crippen LogP contribution in [0, 0.1) is 0 Å². The van der Waals surface area contributed by atoms with Gasteiger partial charge in [-0.3, -0.25) is 4.79 Å². The molecule has 2 aromatic carbocycles. The molecule has 4 N–H and O–H groups in total. The highest BCUT2D eigenvalue weighted by Gasteiger charge is 2.01. The molecule has 2 aromatic rings. The first-order valence-electron chi connectivity index (χ1n) is 5.68. The van der Waals surface area contributed by atoms with Crippen molar-refractivity contribution in [3.05, 3.63) is 60.2 Å². The van der Waals surface area contributed by atoms with Gasteiger partial charge in [-0.05, 0) is 48.6 Å². The number of hydrogen-bond acceptors (Lipinski definition) is 2. The van der Waals surface area contributed by atoms with Gasteiger partial charge in [0, 0.05) is 16.9 Å². The van der Waals surface area contributed by atoms with E-state index < -0.39 is 5.91 Å². The third-order valence-corrected chi connectivity index (χ3v) is 2.66. The molecule has 0 aliphatic heterocycles. The summed E-state index contributed by atoms with van der Waals surface area (Å²) >= 11 is 5.19. The number of primary amides is 1. The molecule has 0 spiro atoms. The Hall–Kier alpha value is -2.40. The molecule has 0 saturated carbocycles. The van der Waals surface area contributed by atoms with E-state index in [9.17, 15) is 4.79 Å². The number of thiocarbonyl (C=S) groups is 1. The lowest BCUT2D eigenvalue weighted by molar-refractivity contribution is 0.100. The van der Waals surface area contributed by atoms with E-state index in [1.54, 1.807) is 24.3 Å². The van der Waals surface area contributed by atoms with Crippen molar-refractivity contribution in [2.75, 3.05) is 10.6 Å². The number of anilines is 2. The molecule has 0 bridgehead atoms. The fourth-order valence-electron chi connectivity index (χ4n) is 1.53. The van der Waals surface area contributed by atoms with E-state index in [1.165, 1.54) is 0 Å². The van der Waals surface area contributed by atoms with Gasteiger partial charge in [-0.25, -0.2) is 0 Å². The smallest absolute Gasteiger partial charge is 0.248 e. The Morgan fingerprint density at radius 3 is 1.95 bits per heavy atom. The van der Waals surface area contributed by atoms with Crippen molar-refractivity contribution in [1.29, 1.82) is 0 Å². The molecule has 0 heterocycles. The van der Waals surface area contributed by atoms with Crippen molar-refractivity contribution in [3.8, 4) is 0 Å². The van der Waals surface area contributed by atoms with E-state index in [0.717, 1.165) is 11.4 Å². The molecule has 0 fully saturated rings. The van der Waals surface area contributed by atoms with Gasteiger partial charge in [0.25, 0.3) is 0 Å². The van der Waals surface area contributed by atoms with E-state index in [2.05, 4.69) is 10.6 Å². The number of para-hydroxylation sites is 1. The Morgan fingerprint density at radius 1 is 0.895 bits per heavy atom. The zero-order chi connectivity index (χ0) is 13.7. The molecule has 5 heteroatoms. The second kappa shape index (κ2) is 5.97. The Morgan fingerprint density at radius 2 is 1.42 bits per heavy atom. The van der Waals surface area contributed by atoms with Crippen LogP contribution in [-0.2, 0) is 0 Å². The maximum absolute atomic E-state index is 10.9. The zero-order valence-corrected chi connectivity index (χ0v) is 10.9. The Kier molecular flexibility index (Phi) is 4.10. The van der Waals surface area contributed by atoms with Gasteiger partial charge in [0.2, 0.25) is 5.91 Å². The number of amides is 1. The first-order chi connectivity index (χ1) is 9.15. The average molecular weight is 271 g/mol. The topological polar surface area (TPSA) is 67.2 Å². The first-order valence-corrected chi connectivity index (χ1v) is 6.09. The molecule has 0 aliphatic carbocycles. The SMILES string of the molecule is NC(=O)c1ccc(NC(=S)Nc2ccccc2)cc1. The number of nitrogens with one attached hydrogen (secondary N) is 2. The monoisotopic (exact) mass is 271 g/mol. The summed E-state index contributed by atoms with van der Waals surface area (Å²) in [4.78, 5) is 10.9. The summed E-state index contributed by atoms with van der Waals surface area (Å²) in [5.41, 5.74) is 7.34. The molecule has 0 unspecified atom stereocenters. The van der Waals surface area contributed by atoms with Gasteiger partial charge in [-0.15, -0.1) is 0 Å². The fraction of sp³-hybridized carbons (Fsp3) is 0. The summed E-state index contributed by atoms with van der Waals surface area (Å²) in [6.45, 7) is 0. The second-order valence-electron chi connectivity index (χ2n) is 3.89. The van der Waals surface area contributed by atoms with Gasteiger partial charge in [0.05, 0.1) is 0 Å². The number of nitrogens with two attached hydrogens (primary N) is 1. The molecule has 4 nitrogen and oxygen atoms in total. The van der Waals surface area contributed by atoms with Crippen LogP contribution in [0.4, 0.5) is 11.4 Å². The number of carbonyl (C=O) groups is 1. The van der Waals surface area contributed by atoms with Crippen LogP contribution in [0.2, 0.25) is 0 Å². The quantitative estimate of drug-likeness (QED) is 0.751. The van der Waals surface area contributed by atoms with Crippen LogP contribution in [0.1, 0.15) is 10.4 Å². The van der Waals surface area contributed by atoms with Crippen LogP contribution in [-0.4, -0.2) is 11.0 Å². The Bertz CT molecular complexity index is 581. The van der Waals surface area contributed by atoms with Crippen molar-refractivity contribution >= 4 is 34.6 Å². The molecular weight excluding hydrogens is 258 g/mol. The van der Waals surface area contributed by atoms with Crippen LogP contribution in [0.25, 0.3) is 0 Å². The molecular formula is C14H13N3OS. The minimum absolute atomic E-state index is 0.448. The normalized spacial score (nSPS) is 9.68. The highest BCUT2D eigenvalue weighted by atomic mass is 32.1. The number of hydrogen-bond donors (Lipinski definition) is 3. The van der Waals surface area contributed by atoms with E-state index in [1.807, 2.05) is 30.3 Å². The van der Waals surface area contributed by atoms with Gasteiger partial charge in [0.15, 0.2) is 5.11 Å². The first kappa shape index (κ1) is 13.0. The summed E-state index contributed by atoms with van der Waals surface area (Å²) in [6.07, 6.45) is 0. The summed E-state index contributed by atoms with van der Waals surface area (Å²) in [5, 5.41) is 6.57. The molecule has 96 valence electrons. The maximum atomic E-state index is 10.9. The number of benzene rings is 2. The van der Waals surface area contributed by atoms with Crippen LogP contribution in [0.3, 0.4) is 0 Å². The average Bonchev–Trinajstić information content (AvgIpc) is 2.40. The second-order valence-corrected chi connectivity index (χ2v) is 4.29. The van der Waals surface area contributed by atoms with Gasteiger partial charge >= 0.3 is 0 Å². The summed E-state index contributed by atoms with van der Waals surface area (Å²) in [5.74, 6) is -0.448. The van der Waals surface area contributed by atoms with Crippen molar-refractivity contribution in [2.24, 2.45) is 5.73 Å². The molecule has 1 amide bonds. The van der Waals surface area contributed by atoms with E-state index >= 15 is 0 Å². The molecule has 19 heavy (non-hydrogen) atoms. The molecule has 2 rings (SSSR count). The highest BCUT2D eigenvalue weighted by Crippen LogP contribution is 2.11. The van der Waals surface area contributed by atoms with Crippen LogP contribution >= 0.6 is 12.2 Å². The highest BCUT2D eigenvalue weighted by molar-refractivity contribution is 7.80. The number of rotatable bonds is 3. The zero-order valence-electron chi connectivity index (χ0n) is 10.1. The summed E-state index contributed by atoms with van der Waals surface area (Å²) in [7, 11) is 0. The van der Waals surface area contributed by atoms with Gasteiger partial charge < -0.3 is 16.4 Å². The molecule has 0 radical (unpaired) electrons. The van der Waals surface area contributed by atoms with E-state index in [0.29, 0.717) is 10.7 Å². The van der Waals surface area contributed by atoms with Crippen molar-refractivity contribution in [3.63, 3.8) is 0 Å². The van der Waals surface area contributed by atoms with Crippen LogP contribution in [0.5, 0.6) is 0 Å². The predicted octanol–water partition coefficient (Wildman–Crippen LogP) is 2.59. The lowest BCUT2D eigenvalue weighted by atomic mass is 10.2. The molecule has 0 aromatic heterocycles. The number of carbonyl (C=O) groups excluding carboxylic acids is 1. The maximum Gasteiger partial charge on any atom is 0.248 e. The predicted molar refractivity (Wildman–Crippen MR) is 81.2 cm³/mol. The lowest BCUT2D eigenvalue weighted by Gasteiger charge is -2.10. The minimum Gasteiger partial charge on any atom is -0.366 e. The van der Waals surface area contributed by atoms with Gasteiger partial charge in [-0.1, -0.05) is 18.2 Å². The molecule has 0 aliphatic rings. The van der Waals surface area contributed by atoms with E-state index in [4.69, 9.17) is 18.0 Å². The van der Waals surface area contributed by atoms with Crippen LogP contribution < -0.4 is 16.4 Å². The largest absolute Gasteiger partial charge is 0.366 e. The summed E-state index contributed by atoms with van der Waals surface area (Å²) in [6, 6.07) is 16.4. The lowest BCUT2D eigenvalue weighted by Crippen LogP contribution is -2.19. The third-order valence-electron chi connectivity index (χ3n) is 2.46. The Labute approximate surface area is 116 Å². The van der Waals surface area contributed by atoms with Crippen LogP contribution in [0.15, 0.2) is 54.6 Å². The minimum atomic E-state index is -0.448. The van der Waals surface area contributed by atoms with Crippen molar-refractivity contribution < 1.29 is 4.79 Å². The molecule has 0 atom stereocenters.